The number of aromatic nitrogens is 1. The summed E-state index contributed by atoms with van der Waals surface area (Å²) in [5, 5.41) is 2.72. The summed E-state index contributed by atoms with van der Waals surface area (Å²) in [5.41, 5.74) is 1.19. The minimum atomic E-state index is -3.94. The molecule has 0 bridgehead atoms. The number of carbonyl (C=O) groups excluding carboxylic acids is 2. The first-order valence-corrected chi connectivity index (χ1v) is 10.8. The van der Waals surface area contributed by atoms with Crippen molar-refractivity contribution < 1.29 is 22.4 Å². The number of benzene rings is 2. The van der Waals surface area contributed by atoms with E-state index in [0.717, 1.165) is 4.31 Å². The van der Waals surface area contributed by atoms with E-state index in [0.29, 0.717) is 11.1 Å². The van der Waals surface area contributed by atoms with E-state index in [1.807, 2.05) is 0 Å². The molecule has 0 saturated carbocycles. The quantitative estimate of drug-likeness (QED) is 0.632. The van der Waals surface area contributed by atoms with Gasteiger partial charge in [0.05, 0.1) is 11.1 Å². The highest BCUT2D eigenvalue weighted by Gasteiger charge is 2.40. The van der Waals surface area contributed by atoms with Crippen LogP contribution < -0.4 is 11.1 Å². The zero-order valence-electron chi connectivity index (χ0n) is 16.1. The molecule has 30 heavy (non-hydrogen) atoms. The topological polar surface area (TPSA) is 119 Å². The zero-order chi connectivity index (χ0) is 21.5. The van der Waals surface area contributed by atoms with Crippen molar-refractivity contribution in [2.45, 2.75) is 30.8 Å². The molecule has 0 spiro atoms. The molecule has 0 fully saturated rings. The Kier molecular flexibility index (Phi) is 4.94. The van der Waals surface area contributed by atoms with Crippen LogP contribution in [0.2, 0.25) is 0 Å². The summed E-state index contributed by atoms with van der Waals surface area (Å²) in [6, 6.07) is 12.5. The molecular formula is C20H19N3O6S. The highest BCUT2D eigenvalue weighted by molar-refractivity contribution is 7.90. The molecule has 1 atom stereocenters. The number of hydrogen-bond donors (Lipinski definition) is 1. The number of nitrogens with zero attached hydrogens (tertiary/aromatic N) is 2. The van der Waals surface area contributed by atoms with Crippen molar-refractivity contribution in [3.8, 4) is 0 Å². The summed E-state index contributed by atoms with van der Waals surface area (Å²) in [4.78, 5) is 36.7. The summed E-state index contributed by atoms with van der Waals surface area (Å²) in [6.45, 7) is 1.65. The fourth-order valence-electron chi connectivity index (χ4n) is 3.51. The second kappa shape index (κ2) is 7.45. The van der Waals surface area contributed by atoms with Gasteiger partial charge in [0.1, 0.15) is 4.90 Å². The van der Waals surface area contributed by atoms with Crippen LogP contribution in [0.15, 0.2) is 62.6 Å². The maximum Gasteiger partial charge on any atom is 0.420 e. The Hall–Kier alpha value is -3.40. The fraction of sp³-hybridized carbons (Fsp3) is 0.250. The molecule has 10 heteroatoms. The van der Waals surface area contributed by atoms with Gasteiger partial charge in [-0.1, -0.05) is 24.3 Å². The van der Waals surface area contributed by atoms with Gasteiger partial charge >= 0.3 is 5.76 Å². The molecule has 2 heterocycles. The average Bonchev–Trinajstić information content (AvgIpc) is 3.12. The number of hydrogen-bond acceptors (Lipinski definition) is 6. The number of carbonyl (C=O) groups is 2. The molecule has 9 nitrogen and oxygen atoms in total. The Morgan fingerprint density at radius 1 is 1.10 bits per heavy atom. The van der Waals surface area contributed by atoms with Crippen molar-refractivity contribution in [2.24, 2.45) is 0 Å². The van der Waals surface area contributed by atoms with Crippen molar-refractivity contribution >= 4 is 32.9 Å². The number of fused-ring (bicyclic) bond motifs is 2. The van der Waals surface area contributed by atoms with Gasteiger partial charge in [-0.3, -0.25) is 14.2 Å². The molecule has 0 unspecified atom stereocenters. The minimum Gasteiger partial charge on any atom is -0.408 e. The highest BCUT2D eigenvalue weighted by atomic mass is 32.2. The first kappa shape index (κ1) is 19.9. The molecule has 1 aliphatic rings. The van der Waals surface area contributed by atoms with Crippen LogP contribution in [-0.4, -0.2) is 41.7 Å². The van der Waals surface area contributed by atoms with Crippen LogP contribution in [0.3, 0.4) is 0 Å². The Bertz CT molecular complexity index is 1310. The van der Waals surface area contributed by atoms with Gasteiger partial charge < -0.3 is 9.73 Å². The lowest BCUT2D eigenvalue weighted by molar-refractivity contribution is -0.121. The van der Waals surface area contributed by atoms with E-state index >= 15 is 0 Å². The first-order valence-electron chi connectivity index (χ1n) is 9.33. The molecule has 3 aromatic rings. The van der Waals surface area contributed by atoms with E-state index in [9.17, 15) is 22.8 Å². The molecule has 0 saturated heterocycles. The van der Waals surface area contributed by atoms with Crippen LogP contribution >= 0.6 is 0 Å². The molecule has 4 rings (SSSR count). The molecule has 1 aromatic heterocycles. The van der Waals surface area contributed by atoms with Crippen LogP contribution in [0.4, 0.5) is 0 Å². The summed E-state index contributed by atoms with van der Waals surface area (Å²) < 4.78 is 32.4. The van der Waals surface area contributed by atoms with Gasteiger partial charge in [0.25, 0.3) is 15.9 Å². The summed E-state index contributed by atoms with van der Waals surface area (Å²) >= 11 is 0. The van der Waals surface area contributed by atoms with Crippen LogP contribution in [0.5, 0.6) is 0 Å². The van der Waals surface area contributed by atoms with E-state index < -0.39 is 33.6 Å². The Morgan fingerprint density at radius 2 is 1.80 bits per heavy atom. The fourth-order valence-corrected chi connectivity index (χ4v) is 5.08. The van der Waals surface area contributed by atoms with Gasteiger partial charge in [0, 0.05) is 25.6 Å². The maximum atomic E-state index is 12.5. The van der Waals surface area contributed by atoms with Gasteiger partial charge in [-0.2, -0.15) is 0 Å². The number of rotatable bonds is 6. The number of para-hydroxylation sites is 2. The molecule has 2 aromatic carbocycles. The lowest BCUT2D eigenvalue weighted by Gasteiger charge is -2.17. The van der Waals surface area contributed by atoms with Gasteiger partial charge in [-0.25, -0.2) is 17.5 Å². The summed E-state index contributed by atoms with van der Waals surface area (Å²) in [5.74, 6) is -1.59. The second-order valence-electron chi connectivity index (χ2n) is 7.04. The van der Waals surface area contributed by atoms with Crippen molar-refractivity contribution in [1.82, 2.24) is 14.2 Å². The van der Waals surface area contributed by atoms with Crippen molar-refractivity contribution in [1.29, 1.82) is 0 Å². The van der Waals surface area contributed by atoms with E-state index in [-0.39, 0.29) is 30.0 Å². The third kappa shape index (κ3) is 3.39. The summed E-state index contributed by atoms with van der Waals surface area (Å²) in [7, 11) is -3.94. The average molecular weight is 429 g/mol. The van der Waals surface area contributed by atoms with Crippen LogP contribution in [0.1, 0.15) is 23.7 Å². The molecular weight excluding hydrogens is 410 g/mol. The normalized spacial score (nSPS) is 15.9. The van der Waals surface area contributed by atoms with E-state index in [1.165, 1.54) is 16.7 Å². The molecule has 156 valence electrons. The third-order valence-corrected chi connectivity index (χ3v) is 6.73. The largest absolute Gasteiger partial charge is 0.420 e. The second-order valence-corrected chi connectivity index (χ2v) is 8.87. The van der Waals surface area contributed by atoms with E-state index in [1.54, 1.807) is 43.3 Å². The monoisotopic (exact) mass is 429 g/mol. The molecule has 2 amide bonds. The van der Waals surface area contributed by atoms with Gasteiger partial charge in [0.2, 0.25) is 5.91 Å². The molecule has 1 aliphatic heterocycles. The van der Waals surface area contributed by atoms with Crippen molar-refractivity contribution in [3.63, 3.8) is 0 Å². The summed E-state index contributed by atoms with van der Waals surface area (Å²) in [6.07, 6.45) is -0.190. The Balaban J connectivity index is 1.39. The molecule has 0 aliphatic carbocycles. The zero-order valence-corrected chi connectivity index (χ0v) is 16.9. The van der Waals surface area contributed by atoms with Gasteiger partial charge in [-0.05, 0) is 31.2 Å². The van der Waals surface area contributed by atoms with Gasteiger partial charge in [0.15, 0.2) is 5.58 Å². The number of oxazole rings is 1. The van der Waals surface area contributed by atoms with E-state index in [2.05, 4.69) is 5.32 Å². The Morgan fingerprint density at radius 3 is 2.57 bits per heavy atom. The minimum absolute atomic E-state index is 0.0463. The van der Waals surface area contributed by atoms with Crippen LogP contribution in [-0.2, 0) is 21.4 Å². The lowest BCUT2D eigenvalue weighted by atomic mass is 10.2. The number of amides is 2. The highest BCUT2D eigenvalue weighted by Crippen LogP contribution is 2.29. The van der Waals surface area contributed by atoms with Gasteiger partial charge in [-0.15, -0.1) is 0 Å². The predicted molar refractivity (Wildman–Crippen MR) is 107 cm³/mol. The van der Waals surface area contributed by atoms with Crippen molar-refractivity contribution in [2.75, 3.05) is 6.54 Å². The van der Waals surface area contributed by atoms with E-state index in [4.69, 9.17) is 4.42 Å². The molecule has 1 N–H and O–H groups in total. The van der Waals surface area contributed by atoms with Crippen molar-refractivity contribution in [3.05, 3.63) is 64.6 Å². The lowest BCUT2D eigenvalue weighted by Crippen LogP contribution is -2.40. The smallest absolute Gasteiger partial charge is 0.408 e. The maximum absolute atomic E-state index is 12.5. The Labute approximate surface area is 171 Å². The molecule has 0 radical (unpaired) electrons. The first-order chi connectivity index (χ1) is 14.3. The number of sulfonamides is 1. The van der Waals surface area contributed by atoms with Crippen LogP contribution in [0, 0.1) is 0 Å². The SMILES string of the molecule is C[C@@H](Cn1c(=O)oc2ccccc21)NC(=O)CCN1C(=O)c2ccccc2S1(=O)=O. The predicted octanol–water partition coefficient (Wildman–Crippen LogP) is 1.33. The third-order valence-electron chi connectivity index (χ3n) is 4.89. The van der Waals surface area contributed by atoms with Crippen LogP contribution in [0.25, 0.3) is 11.1 Å². The number of nitrogens with one attached hydrogen (secondary N) is 1. The standard InChI is InChI=1S/C20H19N3O6S/c1-13(12-22-15-7-3-4-8-16(15)29-20(22)26)21-18(24)10-11-23-19(25)14-6-2-5-9-17(14)30(23,27)28/h2-9,13H,10-12H2,1H3,(H,21,24)/t13-/m0/s1.